The van der Waals surface area contributed by atoms with Crippen molar-refractivity contribution in [2.45, 2.75) is 47.5 Å². The maximum atomic E-state index is 12.0. The van der Waals surface area contributed by atoms with E-state index in [0.717, 1.165) is 18.4 Å². The molecule has 1 heteroatoms. The highest BCUT2D eigenvalue weighted by atomic mass is 16.1. The molecular weight excluding hydrogens is 160 g/mol. The minimum Gasteiger partial charge on any atom is -0.298 e. The van der Waals surface area contributed by atoms with Gasteiger partial charge in [0.25, 0.3) is 0 Å². The number of allylic oxidation sites excluding steroid dienone is 1. The zero-order chi connectivity index (χ0) is 10.6. The Hall–Kier alpha value is -0.590. The van der Waals surface area contributed by atoms with E-state index in [2.05, 4.69) is 20.4 Å². The molecular formula is C12H22O. The van der Waals surface area contributed by atoms with E-state index in [1.165, 1.54) is 0 Å². The molecule has 0 unspecified atom stereocenters. The van der Waals surface area contributed by atoms with Crippen LogP contribution in [0.2, 0.25) is 0 Å². The molecule has 0 saturated heterocycles. The van der Waals surface area contributed by atoms with E-state index >= 15 is 0 Å². The summed E-state index contributed by atoms with van der Waals surface area (Å²) in [5.41, 5.74) is 0.612. The van der Waals surface area contributed by atoms with E-state index < -0.39 is 0 Å². The van der Waals surface area contributed by atoms with Crippen LogP contribution in [0.3, 0.4) is 0 Å². The van der Waals surface area contributed by atoms with E-state index in [9.17, 15) is 4.79 Å². The molecule has 0 radical (unpaired) electrons. The molecule has 0 saturated carbocycles. The molecule has 13 heavy (non-hydrogen) atoms. The molecule has 0 fully saturated rings. The smallest absolute Gasteiger partial charge is 0.145 e. The van der Waals surface area contributed by atoms with Crippen molar-refractivity contribution < 1.29 is 4.79 Å². The molecule has 0 aliphatic carbocycles. The Bertz CT molecular complexity index is 197. The molecule has 0 bridgehead atoms. The Morgan fingerprint density at radius 3 is 1.92 bits per heavy atom. The molecule has 0 aromatic rings. The molecule has 0 rings (SSSR count). The molecule has 0 spiro atoms. The van der Waals surface area contributed by atoms with Crippen LogP contribution < -0.4 is 0 Å². The molecule has 0 heterocycles. The monoisotopic (exact) mass is 182 g/mol. The van der Waals surface area contributed by atoms with Gasteiger partial charge in [0.1, 0.15) is 5.78 Å². The predicted molar refractivity (Wildman–Crippen MR) is 57.7 cm³/mol. The lowest BCUT2D eigenvalue weighted by Crippen LogP contribution is -2.31. The van der Waals surface area contributed by atoms with Crippen LogP contribution in [0.4, 0.5) is 0 Å². The average Bonchev–Trinajstić information content (AvgIpc) is 2.06. The lowest BCUT2D eigenvalue weighted by Gasteiger charge is -2.27. The summed E-state index contributed by atoms with van der Waals surface area (Å²) in [7, 11) is 0. The fourth-order valence-electron chi connectivity index (χ4n) is 1.38. The van der Waals surface area contributed by atoms with Gasteiger partial charge in [-0.25, -0.2) is 0 Å². The van der Waals surface area contributed by atoms with Crippen LogP contribution in [0.1, 0.15) is 47.5 Å². The van der Waals surface area contributed by atoms with Gasteiger partial charge < -0.3 is 0 Å². The first kappa shape index (κ1) is 12.4. The third kappa shape index (κ3) is 2.68. The van der Waals surface area contributed by atoms with Gasteiger partial charge in [0.05, 0.1) is 0 Å². The number of Topliss-reactive ketones (excluding diaryl/α,β-unsaturated/α-hetero) is 1. The predicted octanol–water partition coefficient (Wildman–Crippen LogP) is 3.59. The summed E-state index contributed by atoms with van der Waals surface area (Å²) in [4.78, 5) is 12.0. The van der Waals surface area contributed by atoms with Crippen molar-refractivity contribution >= 4 is 5.78 Å². The van der Waals surface area contributed by atoms with Crippen LogP contribution in [-0.2, 0) is 4.79 Å². The zero-order valence-electron chi connectivity index (χ0n) is 9.61. The summed E-state index contributed by atoms with van der Waals surface area (Å²) >= 11 is 0. The Labute approximate surface area is 82.2 Å². The van der Waals surface area contributed by atoms with Gasteiger partial charge in [0, 0.05) is 11.3 Å². The van der Waals surface area contributed by atoms with Gasteiger partial charge in [0.2, 0.25) is 0 Å². The highest BCUT2D eigenvalue weighted by Gasteiger charge is 2.32. The number of hydrogen-bond acceptors (Lipinski definition) is 1. The molecule has 0 atom stereocenters. The average molecular weight is 182 g/mol. The van der Waals surface area contributed by atoms with Gasteiger partial charge in [-0.1, -0.05) is 26.0 Å². The normalized spacial score (nSPS) is 11.8. The van der Waals surface area contributed by atoms with Crippen molar-refractivity contribution in [3.8, 4) is 0 Å². The molecule has 0 aromatic heterocycles. The van der Waals surface area contributed by atoms with Gasteiger partial charge in [-0.3, -0.25) is 4.79 Å². The van der Waals surface area contributed by atoms with Crippen LogP contribution in [0, 0.1) is 11.3 Å². The third-order valence-electron chi connectivity index (χ3n) is 3.04. The Morgan fingerprint density at radius 2 is 1.69 bits per heavy atom. The minimum atomic E-state index is -0.351. The summed E-state index contributed by atoms with van der Waals surface area (Å²) < 4.78 is 0. The number of rotatable bonds is 5. The number of carbonyl (C=O) groups is 1. The molecule has 0 aliphatic heterocycles. The second-order valence-corrected chi connectivity index (χ2v) is 4.28. The van der Waals surface area contributed by atoms with Crippen molar-refractivity contribution in [3.63, 3.8) is 0 Å². The highest BCUT2D eigenvalue weighted by Crippen LogP contribution is 2.30. The van der Waals surface area contributed by atoms with E-state index in [-0.39, 0.29) is 11.3 Å². The maximum Gasteiger partial charge on any atom is 0.145 e. The summed E-state index contributed by atoms with van der Waals surface area (Å²) in [5.74, 6) is 0.539. The molecule has 1 nitrogen and oxygen atoms in total. The van der Waals surface area contributed by atoms with Crippen molar-refractivity contribution in [2.24, 2.45) is 11.3 Å². The summed E-state index contributed by atoms with van der Waals surface area (Å²) in [6.07, 6.45) is 1.87. The van der Waals surface area contributed by atoms with Gasteiger partial charge in [-0.15, -0.1) is 0 Å². The fourth-order valence-corrected chi connectivity index (χ4v) is 1.38. The summed E-state index contributed by atoms with van der Waals surface area (Å²) in [6.45, 7) is 13.9. The first-order valence-corrected chi connectivity index (χ1v) is 5.08. The number of ketones is 1. The standard InChI is InChI=1S/C12H22O/c1-7-10(8-2)11(13)12(5,6)9(3)4/h10H,3,7-8H2,1-2,4-6H3. The minimum absolute atomic E-state index is 0.201. The van der Waals surface area contributed by atoms with Gasteiger partial charge in [-0.05, 0) is 33.6 Å². The van der Waals surface area contributed by atoms with Crippen molar-refractivity contribution in [2.75, 3.05) is 0 Å². The molecule has 0 amide bonds. The van der Waals surface area contributed by atoms with Crippen LogP contribution in [-0.4, -0.2) is 5.78 Å². The fraction of sp³-hybridized carbons (Fsp3) is 0.750. The molecule has 0 N–H and O–H groups in total. The molecule has 0 aromatic carbocycles. The number of carbonyl (C=O) groups excluding carboxylic acids is 1. The van der Waals surface area contributed by atoms with Crippen molar-refractivity contribution in [1.82, 2.24) is 0 Å². The largest absolute Gasteiger partial charge is 0.298 e. The Kier molecular flexibility index (Phi) is 4.38. The van der Waals surface area contributed by atoms with E-state index in [4.69, 9.17) is 0 Å². The lowest BCUT2D eigenvalue weighted by atomic mass is 9.75. The first-order valence-electron chi connectivity index (χ1n) is 5.08. The van der Waals surface area contributed by atoms with Crippen molar-refractivity contribution in [3.05, 3.63) is 12.2 Å². The second kappa shape index (κ2) is 4.59. The lowest BCUT2D eigenvalue weighted by molar-refractivity contribution is -0.129. The van der Waals surface area contributed by atoms with Gasteiger partial charge >= 0.3 is 0 Å². The van der Waals surface area contributed by atoms with Crippen molar-refractivity contribution in [1.29, 1.82) is 0 Å². The maximum absolute atomic E-state index is 12.0. The topological polar surface area (TPSA) is 17.1 Å². The molecule has 76 valence electrons. The Balaban J connectivity index is 4.66. The third-order valence-corrected chi connectivity index (χ3v) is 3.04. The van der Waals surface area contributed by atoms with E-state index in [1.807, 2.05) is 20.8 Å². The number of hydrogen-bond donors (Lipinski definition) is 0. The van der Waals surface area contributed by atoms with Crippen LogP contribution in [0.15, 0.2) is 12.2 Å². The van der Waals surface area contributed by atoms with Gasteiger partial charge in [-0.2, -0.15) is 0 Å². The van der Waals surface area contributed by atoms with Crippen LogP contribution in [0.5, 0.6) is 0 Å². The van der Waals surface area contributed by atoms with Gasteiger partial charge in [0.15, 0.2) is 0 Å². The van der Waals surface area contributed by atoms with Crippen LogP contribution >= 0.6 is 0 Å². The quantitative estimate of drug-likeness (QED) is 0.594. The first-order chi connectivity index (χ1) is 5.87. The van der Waals surface area contributed by atoms with E-state index in [0.29, 0.717) is 5.78 Å². The second-order valence-electron chi connectivity index (χ2n) is 4.28. The SMILES string of the molecule is C=C(C)C(C)(C)C(=O)C(CC)CC. The summed E-state index contributed by atoms with van der Waals surface area (Å²) in [6, 6.07) is 0. The van der Waals surface area contributed by atoms with Crippen LogP contribution in [0.25, 0.3) is 0 Å². The zero-order valence-corrected chi connectivity index (χ0v) is 9.61. The van der Waals surface area contributed by atoms with E-state index in [1.54, 1.807) is 0 Å². The summed E-state index contributed by atoms with van der Waals surface area (Å²) in [5, 5.41) is 0. The highest BCUT2D eigenvalue weighted by molar-refractivity contribution is 5.88. The molecule has 0 aliphatic rings. The Morgan fingerprint density at radius 1 is 1.31 bits per heavy atom.